The summed E-state index contributed by atoms with van der Waals surface area (Å²) < 4.78 is 11.2. The monoisotopic (exact) mass is 349 g/mol. The van der Waals surface area contributed by atoms with Gasteiger partial charge in [0.2, 0.25) is 5.88 Å². The van der Waals surface area contributed by atoms with Gasteiger partial charge in [0.15, 0.2) is 0 Å². The number of nitrogens with zero attached hydrogens (tertiary/aromatic N) is 3. The molecule has 0 aliphatic heterocycles. The number of aryl methyl sites for hydroxylation is 2. The Labute approximate surface area is 149 Å². The molecule has 3 rings (SSSR count). The van der Waals surface area contributed by atoms with Crippen LogP contribution in [0.15, 0.2) is 44.2 Å². The fourth-order valence-electron chi connectivity index (χ4n) is 2.51. The number of non-ortho nitro benzene ring substituents is 1. The number of rotatable bonds is 4. The van der Waals surface area contributed by atoms with Gasteiger partial charge in [-0.2, -0.15) is 5.26 Å². The molecule has 0 amide bonds. The van der Waals surface area contributed by atoms with E-state index in [4.69, 9.17) is 8.83 Å². The van der Waals surface area contributed by atoms with Crippen molar-refractivity contribution in [2.45, 2.75) is 20.8 Å². The predicted octanol–water partition coefficient (Wildman–Crippen LogP) is 5.00. The zero-order valence-corrected chi connectivity index (χ0v) is 14.4. The van der Waals surface area contributed by atoms with E-state index in [-0.39, 0.29) is 11.6 Å². The van der Waals surface area contributed by atoms with Crippen molar-refractivity contribution < 1.29 is 13.8 Å². The van der Waals surface area contributed by atoms with Crippen LogP contribution >= 0.6 is 0 Å². The van der Waals surface area contributed by atoms with Crippen LogP contribution in [0.5, 0.6) is 0 Å². The van der Waals surface area contributed by atoms with E-state index in [1.807, 2.05) is 6.92 Å². The van der Waals surface area contributed by atoms with Crippen molar-refractivity contribution in [3.05, 3.63) is 68.7 Å². The number of benzene rings is 1. The summed E-state index contributed by atoms with van der Waals surface area (Å²) in [5.41, 5.74) is 2.64. The summed E-state index contributed by atoms with van der Waals surface area (Å²) in [5, 5.41) is 20.2. The molecular formula is C19H15N3O4. The fraction of sp³-hybridized carbons (Fsp3) is 0.158. The van der Waals surface area contributed by atoms with Crippen molar-refractivity contribution in [1.82, 2.24) is 0 Å². The summed E-state index contributed by atoms with van der Waals surface area (Å²) in [5.74, 6) is 1.81. The summed E-state index contributed by atoms with van der Waals surface area (Å²) in [6.07, 6.45) is 1.45. The molecule has 7 nitrogen and oxygen atoms in total. The van der Waals surface area contributed by atoms with E-state index in [2.05, 4.69) is 11.1 Å². The molecule has 0 N–H and O–H groups in total. The van der Waals surface area contributed by atoms with Crippen molar-refractivity contribution in [1.29, 1.82) is 5.26 Å². The Morgan fingerprint density at radius 3 is 2.65 bits per heavy atom. The quantitative estimate of drug-likeness (QED) is 0.374. The Kier molecular flexibility index (Phi) is 4.42. The Morgan fingerprint density at radius 1 is 1.19 bits per heavy atom. The van der Waals surface area contributed by atoms with E-state index < -0.39 is 4.92 Å². The number of hydrogen-bond donors (Lipinski definition) is 0. The average molecular weight is 349 g/mol. The second-order valence-electron chi connectivity index (χ2n) is 5.79. The summed E-state index contributed by atoms with van der Waals surface area (Å²) in [6.45, 7) is 5.42. The summed E-state index contributed by atoms with van der Waals surface area (Å²) in [4.78, 5) is 14.7. The van der Waals surface area contributed by atoms with E-state index in [1.165, 1.54) is 18.3 Å². The highest BCUT2D eigenvalue weighted by Crippen LogP contribution is 2.30. The zero-order valence-electron chi connectivity index (χ0n) is 14.4. The van der Waals surface area contributed by atoms with Gasteiger partial charge in [-0.1, -0.05) is 6.07 Å². The summed E-state index contributed by atoms with van der Waals surface area (Å²) >= 11 is 0. The second-order valence-corrected chi connectivity index (χ2v) is 5.79. The van der Waals surface area contributed by atoms with E-state index in [9.17, 15) is 15.4 Å². The van der Waals surface area contributed by atoms with Gasteiger partial charge < -0.3 is 8.83 Å². The first kappa shape index (κ1) is 17.2. The molecule has 0 aliphatic rings. The smallest absolute Gasteiger partial charge is 0.270 e. The molecule has 130 valence electrons. The third kappa shape index (κ3) is 3.13. The maximum atomic E-state index is 11.0. The van der Waals surface area contributed by atoms with Crippen molar-refractivity contribution in [2.24, 2.45) is 4.99 Å². The van der Waals surface area contributed by atoms with Crippen LogP contribution in [0, 0.1) is 42.2 Å². The number of hydrogen-bond acceptors (Lipinski definition) is 6. The van der Waals surface area contributed by atoms with Crippen LogP contribution in [0.3, 0.4) is 0 Å². The molecule has 0 spiro atoms. The van der Waals surface area contributed by atoms with Crippen LogP contribution in [-0.2, 0) is 0 Å². The molecule has 0 unspecified atom stereocenters. The van der Waals surface area contributed by atoms with Crippen molar-refractivity contribution >= 4 is 17.8 Å². The zero-order chi connectivity index (χ0) is 18.8. The molecule has 0 radical (unpaired) electrons. The normalized spacial score (nSPS) is 11.0. The molecule has 2 aromatic heterocycles. The van der Waals surface area contributed by atoms with Crippen LogP contribution in [0.25, 0.3) is 11.3 Å². The van der Waals surface area contributed by atoms with Crippen LogP contribution < -0.4 is 0 Å². The number of furan rings is 2. The van der Waals surface area contributed by atoms with Crippen LogP contribution in [0.4, 0.5) is 11.6 Å². The van der Waals surface area contributed by atoms with Crippen LogP contribution in [-0.4, -0.2) is 11.1 Å². The lowest BCUT2D eigenvalue weighted by Gasteiger charge is -2.02. The number of nitriles is 1. The summed E-state index contributed by atoms with van der Waals surface area (Å²) in [7, 11) is 0. The first-order valence-corrected chi connectivity index (χ1v) is 7.80. The summed E-state index contributed by atoms with van der Waals surface area (Å²) in [6, 6.07) is 10.1. The first-order valence-electron chi connectivity index (χ1n) is 7.80. The van der Waals surface area contributed by atoms with Gasteiger partial charge in [-0.25, -0.2) is 4.99 Å². The Bertz CT molecular complexity index is 1070. The molecule has 7 heteroatoms. The molecule has 0 fully saturated rings. The lowest BCUT2D eigenvalue weighted by Crippen LogP contribution is -1.90. The maximum Gasteiger partial charge on any atom is 0.270 e. The van der Waals surface area contributed by atoms with Crippen molar-refractivity contribution in [3.8, 4) is 17.4 Å². The van der Waals surface area contributed by atoms with Gasteiger partial charge in [-0.15, -0.1) is 0 Å². The Balaban J connectivity index is 1.92. The van der Waals surface area contributed by atoms with E-state index >= 15 is 0 Å². The fourth-order valence-corrected chi connectivity index (χ4v) is 2.51. The Morgan fingerprint density at radius 2 is 1.96 bits per heavy atom. The third-order valence-corrected chi connectivity index (χ3v) is 4.11. The minimum Gasteiger partial charge on any atom is -0.455 e. The van der Waals surface area contributed by atoms with Crippen LogP contribution in [0.1, 0.15) is 28.2 Å². The number of nitro benzene ring substituents is 1. The lowest BCUT2D eigenvalue weighted by atomic mass is 10.1. The van der Waals surface area contributed by atoms with Gasteiger partial charge in [-0.3, -0.25) is 10.1 Å². The highest BCUT2D eigenvalue weighted by atomic mass is 16.6. The first-order chi connectivity index (χ1) is 12.4. The largest absolute Gasteiger partial charge is 0.455 e. The standard InChI is InChI=1S/C19H15N3O4/c1-11-4-5-14(22(23)24)8-16(11)18-7-6-15(26-18)10-21-19-17(9-20)12(2)13(3)25-19/h4-8,10H,1-3H3. The predicted molar refractivity (Wildman–Crippen MR) is 95.7 cm³/mol. The topological polar surface area (TPSA) is 106 Å². The minimum absolute atomic E-state index is 0.00239. The molecule has 0 saturated heterocycles. The molecular weight excluding hydrogens is 334 g/mol. The average Bonchev–Trinajstić information content (AvgIpc) is 3.18. The van der Waals surface area contributed by atoms with Gasteiger partial charge >= 0.3 is 0 Å². The molecule has 0 atom stereocenters. The maximum absolute atomic E-state index is 11.0. The SMILES string of the molecule is Cc1ccc([N+](=O)[O-])cc1-c1ccc(C=Nc2oc(C)c(C)c2C#N)o1. The van der Waals surface area contributed by atoms with Crippen molar-refractivity contribution in [3.63, 3.8) is 0 Å². The minimum atomic E-state index is -0.445. The third-order valence-electron chi connectivity index (χ3n) is 4.11. The van der Waals surface area contributed by atoms with Gasteiger partial charge in [-0.05, 0) is 38.5 Å². The molecule has 1 aromatic carbocycles. The second kappa shape index (κ2) is 6.69. The molecule has 0 saturated carbocycles. The molecule has 0 aliphatic carbocycles. The van der Waals surface area contributed by atoms with Gasteiger partial charge in [0.1, 0.15) is 28.9 Å². The number of nitro groups is 1. The van der Waals surface area contributed by atoms with Gasteiger partial charge in [0.05, 0.1) is 11.1 Å². The Hall–Kier alpha value is -3.66. The molecule has 2 heterocycles. The molecule has 0 bridgehead atoms. The van der Waals surface area contributed by atoms with E-state index in [0.29, 0.717) is 28.4 Å². The molecule has 3 aromatic rings. The highest BCUT2D eigenvalue weighted by molar-refractivity contribution is 5.80. The van der Waals surface area contributed by atoms with Crippen LogP contribution in [0.2, 0.25) is 0 Å². The highest BCUT2D eigenvalue weighted by Gasteiger charge is 2.15. The molecule has 26 heavy (non-hydrogen) atoms. The van der Waals surface area contributed by atoms with Crippen molar-refractivity contribution in [2.75, 3.05) is 0 Å². The van der Waals surface area contributed by atoms with Gasteiger partial charge in [0, 0.05) is 23.3 Å². The van der Waals surface area contributed by atoms with Gasteiger partial charge in [0.25, 0.3) is 5.69 Å². The lowest BCUT2D eigenvalue weighted by molar-refractivity contribution is -0.384. The number of aliphatic imine (C=N–C) groups is 1. The van der Waals surface area contributed by atoms with E-state index in [0.717, 1.165) is 11.1 Å². The van der Waals surface area contributed by atoms with E-state index in [1.54, 1.807) is 32.0 Å².